The first-order valence-electron chi connectivity index (χ1n) is 11.4. The minimum absolute atomic E-state index is 0.148. The van der Waals surface area contributed by atoms with E-state index in [4.69, 9.17) is 14.2 Å². The van der Waals surface area contributed by atoms with Crippen LogP contribution in [0.2, 0.25) is 0 Å². The van der Waals surface area contributed by atoms with Gasteiger partial charge in [0.05, 0.1) is 19.3 Å². The van der Waals surface area contributed by atoms with Gasteiger partial charge in [-0.15, -0.1) is 0 Å². The second-order valence-corrected chi connectivity index (χ2v) is 8.03. The maximum absolute atomic E-state index is 13.8. The molecule has 3 aromatic rings. The minimum Gasteiger partial charge on any atom is -0.485 e. The number of morpholine rings is 1. The van der Waals surface area contributed by atoms with Crippen molar-refractivity contribution in [2.24, 2.45) is 0 Å². The van der Waals surface area contributed by atoms with Gasteiger partial charge in [0.15, 0.2) is 18.1 Å². The zero-order valence-electron chi connectivity index (χ0n) is 19.0. The van der Waals surface area contributed by atoms with Crippen LogP contribution in [0, 0.1) is 5.82 Å². The van der Waals surface area contributed by atoms with Crippen molar-refractivity contribution in [1.29, 1.82) is 0 Å². The normalized spacial score (nSPS) is 14.9. The average molecular weight is 465 g/mol. The summed E-state index contributed by atoms with van der Waals surface area (Å²) in [4.78, 5) is 14.8. The number of hydrogen-bond donors (Lipinski definition) is 1. The lowest BCUT2D eigenvalue weighted by Gasteiger charge is -2.35. The predicted molar refractivity (Wildman–Crippen MR) is 127 cm³/mol. The lowest BCUT2D eigenvalue weighted by molar-refractivity contribution is -0.123. The first-order valence-corrected chi connectivity index (χ1v) is 11.4. The van der Waals surface area contributed by atoms with Gasteiger partial charge in [-0.3, -0.25) is 9.69 Å². The van der Waals surface area contributed by atoms with Crippen LogP contribution in [0.4, 0.5) is 4.39 Å². The fourth-order valence-electron chi connectivity index (χ4n) is 3.89. The molecule has 1 aliphatic heterocycles. The molecule has 0 aromatic heterocycles. The maximum atomic E-state index is 13.8. The second-order valence-electron chi connectivity index (χ2n) is 8.03. The molecule has 0 aliphatic carbocycles. The molecule has 0 spiro atoms. The van der Waals surface area contributed by atoms with Crippen LogP contribution in [-0.4, -0.2) is 50.3 Å². The fourth-order valence-corrected chi connectivity index (χ4v) is 3.89. The Labute approximate surface area is 199 Å². The molecule has 6 nitrogen and oxygen atoms in total. The molecular formula is C27H29FN2O4. The summed E-state index contributed by atoms with van der Waals surface area (Å²) in [5, 5.41) is 2.94. The summed E-state index contributed by atoms with van der Waals surface area (Å²) in [7, 11) is 0. The van der Waals surface area contributed by atoms with Gasteiger partial charge < -0.3 is 19.5 Å². The third-order valence-electron chi connectivity index (χ3n) is 5.66. The largest absolute Gasteiger partial charge is 0.485 e. The molecule has 1 heterocycles. The van der Waals surface area contributed by atoms with E-state index in [9.17, 15) is 9.18 Å². The summed E-state index contributed by atoms with van der Waals surface area (Å²) < 4.78 is 30.9. The van der Waals surface area contributed by atoms with Crippen LogP contribution in [0.25, 0.3) is 0 Å². The van der Waals surface area contributed by atoms with Crippen LogP contribution in [0.15, 0.2) is 78.9 Å². The molecule has 1 N–H and O–H groups in total. The number of carbonyl (C=O) groups excluding carboxylic acids is 1. The Balaban J connectivity index is 1.33. The smallest absolute Gasteiger partial charge is 0.258 e. The summed E-state index contributed by atoms with van der Waals surface area (Å²) in [6, 6.07) is 23.5. The Morgan fingerprint density at radius 3 is 2.38 bits per heavy atom. The van der Waals surface area contributed by atoms with Crippen molar-refractivity contribution >= 4 is 5.91 Å². The van der Waals surface area contributed by atoms with Gasteiger partial charge in [0.25, 0.3) is 5.91 Å². The number of halogens is 1. The summed E-state index contributed by atoms with van der Waals surface area (Å²) in [5.74, 6) is 0.526. The molecule has 1 aliphatic rings. The number of nitrogens with zero attached hydrogens (tertiary/aromatic N) is 1. The zero-order valence-corrected chi connectivity index (χ0v) is 19.0. The van der Waals surface area contributed by atoms with Crippen molar-refractivity contribution in [2.45, 2.75) is 12.6 Å². The molecule has 1 saturated heterocycles. The molecule has 1 unspecified atom stereocenters. The van der Waals surface area contributed by atoms with Gasteiger partial charge in [0, 0.05) is 19.6 Å². The number of ether oxygens (including phenoxy) is 3. The van der Waals surface area contributed by atoms with Gasteiger partial charge >= 0.3 is 0 Å². The van der Waals surface area contributed by atoms with E-state index in [1.807, 2.05) is 54.6 Å². The Hall–Kier alpha value is -3.42. The third-order valence-corrected chi connectivity index (χ3v) is 5.66. The van der Waals surface area contributed by atoms with Gasteiger partial charge in [-0.2, -0.15) is 0 Å². The third kappa shape index (κ3) is 6.79. The molecule has 0 bridgehead atoms. The summed E-state index contributed by atoms with van der Waals surface area (Å²) in [6.07, 6.45) is 0. The minimum atomic E-state index is -0.294. The number of amides is 1. The SMILES string of the molecule is O=C(COc1ccccc1OCc1ccccc1)NCC(c1cccc(F)c1)N1CCOCC1. The monoisotopic (exact) mass is 464 g/mol. The first-order chi connectivity index (χ1) is 16.7. The fraction of sp³-hybridized carbons (Fsp3) is 0.296. The Kier molecular flexibility index (Phi) is 8.48. The number of benzene rings is 3. The molecular weight excluding hydrogens is 435 g/mol. The molecule has 0 saturated carbocycles. The van der Waals surface area contributed by atoms with Crippen molar-refractivity contribution in [3.05, 3.63) is 95.8 Å². The van der Waals surface area contributed by atoms with Gasteiger partial charge in [-0.25, -0.2) is 4.39 Å². The molecule has 0 radical (unpaired) electrons. The predicted octanol–water partition coefficient (Wildman–Crippen LogP) is 3.97. The Bertz CT molecular complexity index is 1060. The highest BCUT2D eigenvalue weighted by Crippen LogP contribution is 2.27. The molecule has 178 valence electrons. The van der Waals surface area contributed by atoms with Gasteiger partial charge in [0.2, 0.25) is 0 Å². The van der Waals surface area contributed by atoms with Gasteiger partial charge in [-0.05, 0) is 35.4 Å². The molecule has 3 aromatic carbocycles. The molecule has 1 atom stereocenters. The quantitative estimate of drug-likeness (QED) is 0.492. The van der Waals surface area contributed by atoms with E-state index in [0.29, 0.717) is 37.9 Å². The number of hydrogen-bond acceptors (Lipinski definition) is 5. The van der Waals surface area contributed by atoms with Crippen LogP contribution >= 0.6 is 0 Å². The van der Waals surface area contributed by atoms with Crippen molar-refractivity contribution in [2.75, 3.05) is 39.5 Å². The lowest BCUT2D eigenvalue weighted by Crippen LogP contribution is -2.44. The van der Waals surface area contributed by atoms with Crippen molar-refractivity contribution < 1.29 is 23.4 Å². The Morgan fingerprint density at radius 1 is 0.941 bits per heavy atom. The van der Waals surface area contributed by atoms with Crippen molar-refractivity contribution in [3.8, 4) is 11.5 Å². The molecule has 1 amide bonds. The van der Waals surface area contributed by atoms with E-state index in [2.05, 4.69) is 10.2 Å². The van der Waals surface area contributed by atoms with Crippen LogP contribution in [-0.2, 0) is 16.1 Å². The van der Waals surface area contributed by atoms with E-state index in [1.165, 1.54) is 12.1 Å². The van der Waals surface area contributed by atoms with Crippen molar-refractivity contribution in [3.63, 3.8) is 0 Å². The summed E-state index contributed by atoms with van der Waals surface area (Å²) in [5.41, 5.74) is 1.87. The molecule has 4 rings (SSSR count). The zero-order chi connectivity index (χ0) is 23.6. The number of carbonyl (C=O) groups is 1. The highest BCUT2D eigenvalue weighted by atomic mass is 19.1. The first kappa shape index (κ1) is 23.7. The molecule has 7 heteroatoms. The highest BCUT2D eigenvalue weighted by molar-refractivity contribution is 5.77. The highest BCUT2D eigenvalue weighted by Gasteiger charge is 2.23. The second kappa shape index (κ2) is 12.2. The van der Waals surface area contributed by atoms with Gasteiger partial charge in [0.1, 0.15) is 12.4 Å². The lowest BCUT2D eigenvalue weighted by atomic mass is 10.0. The summed E-state index contributed by atoms with van der Waals surface area (Å²) >= 11 is 0. The van der Waals surface area contributed by atoms with Crippen LogP contribution in [0.3, 0.4) is 0 Å². The summed E-state index contributed by atoms with van der Waals surface area (Å²) in [6.45, 7) is 3.27. The Morgan fingerprint density at radius 2 is 1.65 bits per heavy atom. The number of nitrogens with one attached hydrogen (secondary N) is 1. The van der Waals surface area contributed by atoms with Crippen LogP contribution in [0.1, 0.15) is 17.2 Å². The standard InChI is InChI=1S/C27H29FN2O4/c28-23-10-6-9-22(17-23)24(30-13-15-32-16-14-30)18-29-27(31)20-34-26-12-5-4-11-25(26)33-19-21-7-2-1-3-8-21/h1-12,17,24H,13-16,18-20H2,(H,29,31). The molecule has 34 heavy (non-hydrogen) atoms. The van der Waals surface area contributed by atoms with E-state index < -0.39 is 0 Å². The number of para-hydroxylation sites is 2. The van der Waals surface area contributed by atoms with E-state index >= 15 is 0 Å². The topological polar surface area (TPSA) is 60.0 Å². The number of rotatable bonds is 10. The van der Waals surface area contributed by atoms with Crippen molar-refractivity contribution in [1.82, 2.24) is 10.2 Å². The van der Waals surface area contributed by atoms with Crippen LogP contribution < -0.4 is 14.8 Å². The van der Waals surface area contributed by atoms with E-state index in [1.54, 1.807) is 12.1 Å². The van der Waals surface area contributed by atoms with Crippen LogP contribution in [0.5, 0.6) is 11.5 Å². The maximum Gasteiger partial charge on any atom is 0.258 e. The van der Waals surface area contributed by atoms with E-state index in [-0.39, 0.29) is 24.4 Å². The van der Waals surface area contributed by atoms with E-state index in [0.717, 1.165) is 24.2 Å². The average Bonchev–Trinajstić information content (AvgIpc) is 2.88. The molecule has 1 fully saturated rings. The van der Waals surface area contributed by atoms with Gasteiger partial charge in [-0.1, -0.05) is 54.6 Å².